The van der Waals surface area contributed by atoms with Crippen LogP contribution < -0.4 is 15.9 Å². The molecule has 3 aromatic carbocycles. The van der Waals surface area contributed by atoms with E-state index in [1.54, 1.807) is 6.08 Å². The summed E-state index contributed by atoms with van der Waals surface area (Å²) in [4.78, 5) is 12.0. The maximum Gasteiger partial charge on any atom is 0.156 e. The molecule has 1 aliphatic carbocycles. The SMILES string of the molecule is CC(C#CC=C(C)C[P+](c1ccccc1)(c1ccccc1)c1ccccc1)=CC=C1C(C)=CC(=O)CC1(C)C. The minimum atomic E-state index is -1.93. The molecule has 0 bridgehead atoms. The Morgan fingerprint density at radius 1 is 0.846 bits per heavy atom. The molecule has 0 aromatic heterocycles. The molecule has 39 heavy (non-hydrogen) atoms. The second-order valence-electron chi connectivity index (χ2n) is 11.0. The summed E-state index contributed by atoms with van der Waals surface area (Å²) in [6, 6.07) is 32.9. The summed E-state index contributed by atoms with van der Waals surface area (Å²) in [5.41, 5.74) is 4.37. The third-order valence-corrected chi connectivity index (χ3v) is 11.8. The maximum atomic E-state index is 12.0. The van der Waals surface area contributed by atoms with Crippen molar-refractivity contribution in [3.63, 3.8) is 0 Å². The van der Waals surface area contributed by atoms with Crippen LogP contribution in [-0.4, -0.2) is 11.9 Å². The van der Waals surface area contributed by atoms with Crippen molar-refractivity contribution in [3.8, 4) is 11.8 Å². The first-order valence-electron chi connectivity index (χ1n) is 13.5. The molecule has 196 valence electrons. The first-order chi connectivity index (χ1) is 18.7. The van der Waals surface area contributed by atoms with Gasteiger partial charge in [-0.05, 0) is 97.0 Å². The minimum absolute atomic E-state index is 0.157. The molecule has 0 N–H and O–H groups in total. The third kappa shape index (κ3) is 6.65. The molecule has 0 saturated heterocycles. The average Bonchev–Trinajstić information content (AvgIpc) is 2.92. The highest BCUT2D eigenvalue weighted by atomic mass is 31.2. The zero-order valence-corrected chi connectivity index (χ0v) is 24.6. The molecule has 0 aliphatic heterocycles. The molecule has 2 heteroatoms. The van der Waals surface area contributed by atoms with Crippen molar-refractivity contribution in [1.82, 2.24) is 0 Å². The Hall–Kier alpha value is -3.72. The minimum Gasteiger partial charge on any atom is -0.295 e. The fourth-order valence-electron chi connectivity index (χ4n) is 5.50. The number of hydrogen-bond donors (Lipinski definition) is 0. The van der Waals surface area contributed by atoms with Crippen molar-refractivity contribution in [1.29, 1.82) is 0 Å². The van der Waals surface area contributed by atoms with Gasteiger partial charge in [0, 0.05) is 6.42 Å². The lowest BCUT2D eigenvalue weighted by atomic mass is 9.72. The molecule has 0 unspecified atom stereocenters. The molecule has 0 amide bonds. The second kappa shape index (κ2) is 12.4. The topological polar surface area (TPSA) is 17.1 Å². The van der Waals surface area contributed by atoms with E-state index in [9.17, 15) is 4.79 Å². The summed E-state index contributed by atoms with van der Waals surface area (Å²) in [5, 5.41) is 4.13. The van der Waals surface area contributed by atoms with Crippen LogP contribution in [0.3, 0.4) is 0 Å². The zero-order valence-electron chi connectivity index (χ0n) is 23.7. The van der Waals surface area contributed by atoms with Gasteiger partial charge in [-0.15, -0.1) is 0 Å². The van der Waals surface area contributed by atoms with Crippen molar-refractivity contribution >= 4 is 29.0 Å². The number of benzene rings is 3. The van der Waals surface area contributed by atoms with Gasteiger partial charge in [-0.3, -0.25) is 4.79 Å². The largest absolute Gasteiger partial charge is 0.295 e. The van der Waals surface area contributed by atoms with Crippen LogP contribution in [0, 0.1) is 17.3 Å². The van der Waals surface area contributed by atoms with Gasteiger partial charge in [0.2, 0.25) is 0 Å². The van der Waals surface area contributed by atoms with Gasteiger partial charge in [0.1, 0.15) is 23.2 Å². The fraction of sp³-hybridized carbons (Fsp3) is 0.216. The first kappa shape index (κ1) is 28.3. The summed E-state index contributed by atoms with van der Waals surface area (Å²) in [6.07, 6.45) is 9.54. The lowest BCUT2D eigenvalue weighted by molar-refractivity contribution is -0.116. The van der Waals surface area contributed by atoms with Crippen LogP contribution in [0.15, 0.2) is 138 Å². The van der Waals surface area contributed by atoms with E-state index in [1.807, 2.05) is 13.8 Å². The highest BCUT2D eigenvalue weighted by molar-refractivity contribution is 7.95. The van der Waals surface area contributed by atoms with Crippen molar-refractivity contribution in [2.24, 2.45) is 5.41 Å². The molecule has 3 aromatic rings. The van der Waals surface area contributed by atoms with Gasteiger partial charge in [0.15, 0.2) is 5.78 Å². The predicted molar refractivity (Wildman–Crippen MR) is 171 cm³/mol. The highest BCUT2D eigenvalue weighted by Gasteiger charge is 2.45. The van der Waals surface area contributed by atoms with Crippen molar-refractivity contribution in [2.45, 2.75) is 41.0 Å². The van der Waals surface area contributed by atoms with E-state index in [0.29, 0.717) is 6.42 Å². The lowest BCUT2D eigenvalue weighted by Crippen LogP contribution is -2.33. The van der Waals surface area contributed by atoms with Gasteiger partial charge in [-0.1, -0.05) is 92.4 Å². The smallest absolute Gasteiger partial charge is 0.156 e. The van der Waals surface area contributed by atoms with Gasteiger partial charge in [-0.2, -0.15) is 0 Å². The number of rotatable bonds is 6. The van der Waals surface area contributed by atoms with E-state index in [2.05, 4.69) is 142 Å². The Morgan fingerprint density at radius 3 is 1.79 bits per heavy atom. The third-order valence-electron chi connectivity index (χ3n) is 7.31. The standard InChI is InChI=1S/C37H38OP/c1-29(24-25-36-31(3)26-32(38)27-37(36,4)5)16-15-17-30(2)28-39(33-18-9-6-10-19-33,34-20-11-7-12-21-34)35-22-13-8-14-23-35/h6-14,17-26H,27-28H2,1-5H3/q+1. The predicted octanol–water partition coefficient (Wildman–Crippen LogP) is 7.75. The van der Waals surface area contributed by atoms with E-state index in [4.69, 9.17) is 0 Å². The number of carbonyl (C=O) groups is 1. The lowest BCUT2D eigenvalue weighted by Gasteiger charge is -2.31. The Morgan fingerprint density at radius 2 is 1.33 bits per heavy atom. The highest BCUT2D eigenvalue weighted by Crippen LogP contribution is 2.56. The summed E-state index contributed by atoms with van der Waals surface area (Å²) in [6.45, 7) is 10.5. The van der Waals surface area contributed by atoms with Gasteiger partial charge in [0.05, 0.1) is 6.16 Å². The Balaban J connectivity index is 1.68. The molecular weight excluding hydrogens is 491 g/mol. The molecule has 1 nitrogen and oxygen atoms in total. The summed E-state index contributed by atoms with van der Waals surface area (Å²) >= 11 is 0. The van der Waals surface area contributed by atoms with Gasteiger partial charge in [-0.25, -0.2) is 0 Å². The molecule has 0 radical (unpaired) electrons. The van der Waals surface area contributed by atoms with Crippen molar-refractivity contribution in [3.05, 3.63) is 138 Å². The van der Waals surface area contributed by atoms with E-state index < -0.39 is 7.26 Å². The molecule has 0 spiro atoms. The Kier molecular flexibility index (Phi) is 9.01. The second-order valence-corrected chi connectivity index (χ2v) is 14.5. The fourth-order valence-corrected chi connectivity index (χ4v) is 9.83. The van der Waals surface area contributed by atoms with Crippen LogP contribution in [0.25, 0.3) is 0 Å². The molecule has 0 atom stereocenters. The van der Waals surface area contributed by atoms with E-state index >= 15 is 0 Å². The average molecular weight is 530 g/mol. The zero-order chi connectivity index (χ0) is 27.9. The van der Waals surface area contributed by atoms with Crippen molar-refractivity contribution in [2.75, 3.05) is 6.16 Å². The van der Waals surface area contributed by atoms with Gasteiger partial charge >= 0.3 is 0 Å². The van der Waals surface area contributed by atoms with E-state index in [1.165, 1.54) is 27.1 Å². The number of hydrogen-bond acceptors (Lipinski definition) is 1. The van der Waals surface area contributed by atoms with Crippen LogP contribution in [0.2, 0.25) is 0 Å². The van der Waals surface area contributed by atoms with Crippen LogP contribution in [0.5, 0.6) is 0 Å². The quantitative estimate of drug-likeness (QED) is 0.236. The van der Waals surface area contributed by atoms with Crippen LogP contribution in [-0.2, 0) is 4.79 Å². The van der Waals surface area contributed by atoms with Crippen LogP contribution in [0.1, 0.15) is 41.0 Å². The first-order valence-corrected chi connectivity index (χ1v) is 15.5. The van der Waals surface area contributed by atoms with Crippen LogP contribution in [0.4, 0.5) is 0 Å². The monoisotopic (exact) mass is 529 g/mol. The molecule has 0 saturated carbocycles. The molecule has 0 fully saturated rings. The summed E-state index contributed by atoms with van der Waals surface area (Å²) in [5.74, 6) is 6.86. The van der Waals surface area contributed by atoms with Gasteiger partial charge in [0.25, 0.3) is 0 Å². The summed E-state index contributed by atoms with van der Waals surface area (Å²) < 4.78 is 0. The van der Waals surface area contributed by atoms with Crippen LogP contribution >= 0.6 is 7.26 Å². The molecule has 4 rings (SSSR count). The molecule has 0 heterocycles. The Bertz CT molecular complexity index is 1390. The molecule has 1 aliphatic rings. The van der Waals surface area contributed by atoms with E-state index in [0.717, 1.165) is 17.3 Å². The number of allylic oxidation sites excluding steroid dienone is 8. The number of ketones is 1. The Labute approximate surface area is 235 Å². The summed E-state index contributed by atoms with van der Waals surface area (Å²) in [7, 11) is -1.93. The van der Waals surface area contributed by atoms with E-state index in [-0.39, 0.29) is 11.2 Å². The number of carbonyl (C=O) groups excluding carboxylic acids is 1. The normalized spacial score (nSPS) is 16.9. The van der Waals surface area contributed by atoms with Gasteiger partial charge < -0.3 is 0 Å². The molecular formula is C37H38OP+. The maximum absolute atomic E-state index is 12.0. The van der Waals surface area contributed by atoms with Crippen molar-refractivity contribution < 1.29 is 4.79 Å².